The Hall–Kier alpha value is -2.75. The van der Waals surface area contributed by atoms with E-state index in [1.54, 1.807) is 36.4 Å². The van der Waals surface area contributed by atoms with Gasteiger partial charge in [-0.15, -0.1) is 0 Å². The van der Waals surface area contributed by atoms with E-state index in [0.29, 0.717) is 50.5 Å². The van der Waals surface area contributed by atoms with Gasteiger partial charge in [0.15, 0.2) is 0 Å². The number of piperazine rings is 1. The number of benzene rings is 2. The van der Waals surface area contributed by atoms with Crippen molar-refractivity contribution in [2.24, 2.45) is 0 Å². The largest absolute Gasteiger partial charge is 0.339 e. The van der Waals surface area contributed by atoms with E-state index in [1.807, 2.05) is 11.9 Å². The molecule has 2 heterocycles. The highest BCUT2D eigenvalue weighted by Gasteiger charge is 2.28. The molecule has 0 aliphatic carbocycles. The lowest BCUT2D eigenvalue weighted by molar-refractivity contribution is 0.0725. The number of likely N-dealkylation sites (N-methyl/N-ethyl adjacent to an activating group) is 1. The van der Waals surface area contributed by atoms with Gasteiger partial charge in [0.25, 0.3) is 11.8 Å². The Bertz CT molecular complexity index is 1120. The molecule has 9 heteroatoms. The third kappa shape index (κ3) is 5.26. The van der Waals surface area contributed by atoms with Gasteiger partial charge in [0.05, 0.1) is 16.1 Å². The third-order valence-electron chi connectivity index (χ3n) is 6.25. The lowest BCUT2D eigenvalue weighted by Crippen LogP contribution is -2.47. The third-order valence-corrected chi connectivity index (χ3v) is 8.14. The molecular weight excluding hydrogens is 440 g/mol. The first-order chi connectivity index (χ1) is 15.9. The second-order valence-electron chi connectivity index (χ2n) is 8.59. The van der Waals surface area contributed by atoms with Crippen LogP contribution in [0.2, 0.25) is 0 Å². The molecular formula is C24H30N4O4S. The molecule has 2 aromatic carbocycles. The van der Waals surface area contributed by atoms with E-state index in [1.165, 1.54) is 16.4 Å². The topological polar surface area (TPSA) is 90.0 Å². The Morgan fingerprint density at radius 1 is 0.848 bits per heavy atom. The number of hydrogen-bond donors (Lipinski definition) is 1. The first-order valence-electron chi connectivity index (χ1n) is 11.3. The minimum absolute atomic E-state index is 0.0948. The highest BCUT2D eigenvalue weighted by Crippen LogP contribution is 2.22. The molecule has 0 unspecified atom stereocenters. The van der Waals surface area contributed by atoms with Crippen molar-refractivity contribution in [1.82, 2.24) is 14.1 Å². The van der Waals surface area contributed by atoms with Crippen LogP contribution in [0.1, 0.15) is 40.0 Å². The number of likely N-dealkylation sites (tertiary alicyclic amines) is 1. The Kier molecular flexibility index (Phi) is 7.11. The van der Waals surface area contributed by atoms with Gasteiger partial charge in [-0.3, -0.25) is 9.59 Å². The SMILES string of the molecule is CN1CCN(S(=O)(=O)c2cccc(C(=O)Nc3ccccc3C(=O)N3CCCCC3)c2)CC1. The molecule has 0 bridgehead atoms. The Morgan fingerprint density at radius 3 is 2.27 bits per heavy atom. The van der Waals surface area contributed by atoms with Crippen LogP contribution in [0, 0.1) is 0 Å². The van der Waals surface area contributed by atoms with Gasteiger partial charge in [-0.25, -0.2) is 8.42 Å². The number of para-hydroxylation sites is 1. The smallest absolute Gasteiger partial charge is 0.255 e. The zero-order valence-electron chi connectivity index (χ0n) is 18.9. The average molecular weight is 471 g/mol. The normalized spacial score (nSPS) is 18.2. The minimum atomic E-state index is -3.68. The highest BCUT2D eigenvalue weighted by molar-refractivity contribution is 7.89. The molecule has 0 atom stereocenters. The molecule has 2 saturated heterocycles. The summed E-state index contributed by atoms with van der Waals surface area (Å²) in [6.45, 7) is 3.60. The van der Waals surface area contributed by atoms with E-state index in [0.717, 1.165) is 19.3 Å². The monoisotopic (exact) mass is 470 g/mol. The summed E-state index contributed by atoms with van der Waals surface area (Å²) in [5, 5.41) is 2.81. The molecule has 2 amide bonds. The number of nitrogens with one attached hydrogen (secondary N) is 1. The van der Waals surface area contributed by atoms with Crippen LogP contribution in [0.5, 0.6) is 0 Å². The molecule has 2 fully saturated rings. The molecule has 33 heavy (non-hydrogen) atoms. The number of rotatable bonds is 5. The van der Waals surface area contributed by atoms with Gasteiger partial charge < -0.3 is 15.1 Å². The van der Waals surface area contributed by atoms with Crippen LogP contribution in [0.4, 0.5) is 5.69 Å². The summed E-state index contributed by atoms with van der Waals surface area (Å²) in [6, 6.07) is 13.0. The van der Waals surface area contributed by atoms with Crippen molar-refractivity contribution in [3.63, 3.8) is 0 Å². The summed E-state index contributed by atoms with van der Waals surface area (Å²) in [5.74, 6) is -0.554. The van der Waals surface area contributed by atoms with Gasteiger partial charge in [-0.2, -0.15) is 4.31 Å². The second-order valence-corrected chi connectivity index (χ2v) is 10.5. The van der Waals surface area contributed by atoms with Gasteiger partial charge >= 0.3 is 0 Å². The number of amides is 2. The summed E-state index contributed by atoms with van der Waals surface area (Å²) in [6.07, 6.45) is 3.08. The van der Waals surface area contributed by atoms with Crippen LogP contribution in [-0.2, 0) is 10.0 Å². The number of carbonyl (C=O) groups is 2. The number of sulfonamides is 1. The fraction of sp³-hybridized carbons (Fsp3) is 0.417. The Labute approximate surface area is 195 Å². The van der Waals surface area contributed by atoms with E-state index in [9.17, 15) is 18.0 Å². The number of carbonyl (C=O) groups excluding carboxylic acids is 2. The lowest BCUT2D eigenvalue weighted by Gasteiger charge is -2.31. The van der Waals surface area contributed by atoms with E-state index in [-0.39, 0.29) is 16.4 Å². The summed E-state index contributed by atoms with van der Waals surface area (Å²) in [7, 11) is -1.72. The predicted molar refractivity (Wildman–Crippen MR) is 127 cm³/mol. The van der Waals surface area contributed by atoms with Crippen LogP contribution in [-0.4, -0.2) is 80.7 Å². The highest BCUT2D eigenvalue weighted by atomic mass is 32.2. The van der Waals surface area contributed by atoms with Crippen molar-refractivity contribution in [1.29, 1.82) is 0 Å². The van der Waals surface area contributed by atoms with Crippen LogP contribution in [0.3, 0.4) is 0 Å². The fourth-order valence-corrected chi connectivity index (χ4v) is 5.68. The fourth-order valence-electron chi connectivity index (χ4n) is 4.22. The van der Waals surface area contributed by atoms with E-state index in [4.69, 9.17) is 0 Å². The summed E-state index contributed by atoms with van der Waals surface area (Å²) < 4.78 is 27.6. The number of nitrogens with zero attached hydrogens (tertiary/aromatic N) is 3. The van der Waals surface area contributed by atoms with Crippen molar-refractivity contribution >= 4 is 27.5 Å². The van der Waals surface area contributed by atoms with Crippen LogP contribution in [0.15, 0.2) is 53.4 Å². The van der Waals surface area contributed by atoms with Gasteiger partial charge in [0, 0.05) is 44.8 Å². The quantitative estimate of drug-likeness (QED) is 0.725. The molecule has 0 spiro atoms. The predicted octanol–water partition coefficient (Wildman–Crippen LogP) is 2.50. The Morgan fingerprint density at radius 2 is 1.55 bits per heavy atom. The van der Waals surface area contributed by atoms with Crippen molar-refractivity contribution in [2.75, 3.05) is 51.6 Å². The van der Waals surface area contributed by atoms with Gasteiger partial charge in [-0.05, 0) is 56.6 Å². The molecule has 0 aromatic heterocycles. The maximum Gasteiger partial charge on any atom is 0.255 e. The average Bonchev–Trinajstić information content (AvgIpc) is 2.85. The first kappa shape index (κ1) is 23.4. The molecule has 176 valence electrons. The first-order valence-corrected chi connectivity index (χ1v) is 12.8. The van der Waals surface area contributed by atoms with Crippen molar-refractivity contribution < 1.29 is 18.0 Å². The molecule has 2 aliphatic rings. The zero-order chi connectivity index (χ0) is 23.4. The van der Waals surface area contributed by atoms with Crippen molar-refractivity contribution in [3.8, 4) is 0 Å². The number of anilines is 1. The van der Waals surface area contributed by atoms with Crippen LogP contribution in [0.25, 0.3) is 0 Å². The van der Waals surface area contributed by atoms with Crippen molar-refractivity contribution in [2.45, 2.75) is 24.2 Å². The molecule has 2 aliphatic heterocycles. The molecule has 0 saturated carbocycles. The molecule has 8 nitrogen and oxygen atoms in total. The van der Waals surface area contributed by atoms with Crippen LogP contribution < -0.4 is 5.32 Å². The van der Waals surface area contributed by atoms with Gasteiger partial charge in [0.2, 0.25) is 10.0 Å². The standard InChI is InChI=1S/C24H30N4O4S/c1-26-14-16-28(17-15-26)33(31,32)20-9-7-8-19(18-20)23(29)25-22-11-4-3-10-21(22)24(30)27-12-5-2-6-13-27/h3-4,7-11,18H,2,5-6,12-17H2,1H3,(H,25,29). The van der Waals surface area contributed by atoms with Gasteiger partial charge in [-0.1, -0.05) is 18.2 Å². The zero-order valence-corrected chi connectivity index (χ0v) is 19.7. The maximum atomic E-state index is 13.1. The van der Waals surface area contributed by atoms with E-state index >= 15 is 0 Å². The van der Waals surface area contributed by atoms with Crippen molar-refractivity contribution in [3.05, 3.63) is 59.7 Å². The minimum Gasteiger partial charge on any atom is -0.339 e. The lowest BCUT2D eigenvalue weighted by atomic mass is 10.1. The summed E-state index contributed by atoms with van der Waals surface area (Å²) in [5.41, 5.74) is 1.09. The maximum absolute atomic E-state index is 13.1. The number of piperidine rings is 1. The molecule has 1 N–H and O–H groups in total. The number of hydrogen-bond acceptors (Lipinski definition) is 5. The second kappa shape index (κ2) is 10.0. The molecule has 4 rings (SSSR count). The van der Waals surface area contributed by atoms with E-state index < -0.39 is 15.9 Å². The molecule has 2 aromatic rings. The van der Waals surface area contributed by atoms with Gasteiger partial charge in [0.1, 0.15) is 0 Å². The Balaban J connectivity index is 1.53. The van der Waals surface area contributed by atoms with Crippen LogP contribution >= 0.6 is 0 Å². The summed E-state index contributed by atoms with van der Waals surface area (Å²) in [4.78, 5) is 30.0. The summed E-state index contributed by atoms with van der Waals surface area (Å²) >= 11 is 0. The molecule has 0 radical (unpaired) electrons. The van der Waals surface area contributed by atoms with E-state index in [2.05, 4.69) is 10.2 Å².